The SMILES string of the molecule is O=C(c1ccsc1)c1cc(Br)cc2c1OCC2. The van der Waals surface area contributed by atoms with Crippen LogP contribution in [0.3, 0.4) is 0 Å². The first-order valence-corrected chi connectivity index (χ1v) is 7.01. The summed E-state index contributed by atoms with van der Waals surface area (Å²) in [6.45, 7) is 0.662. The molecule has 0 spiro atoms. The lowest BCUT2D eigenvalue weighted by atomic mass is 10.0. The Morgan fingerprint density at radius 2 is 2.29 bits per heavy atom. The van der Waals surface area contributed by atoms with Crippen molar-refractivity contribution >= 4 is 33.0 Å². The number of benzene rings is 1. The fourth-order valence-corrected chi connectivity index (χ4v) is 3.13. The van der Waals surface area contributed by atoms with Crippen LogP contribution in [0.2, 0.25) is 0 Å². The number of hydrogen-bond acceptors (Lipinski definition) is 3. The second-order valence-corrected chi connectivity index (χ2v) is 5.58. The van der Waals surface area contributed by atoms with Crippen molar-refractivity contribution < 1.29 is 9.53 Å². The molecule has 0 saturated carbocycles. The average molecular weight is 309 g/mol. The van der Waals surface area contributed by atoms with E-state index >= 15 is 0 Å². The van der Waals surface area contributed by atoms with E-state index < -0.39 is 0 Å². The standard InChI is InChI=1S/C13H9BrO2S/c14-10-5-8-1-3-16-13(8)11(6-10)12(15)9-2-4-17-7-9/h2,4-7H,1,3H2. The van der Waals surface area contributed by atoms with Gasteiger partial charge in [0.2, 0.25) is 0 Å². The van der Waals surface area contributed by atoms with E-state index in [1.54, 1.807) is 0 Å². The van der Waals surface area contributed by atoms with Crippen LogP contribution >= 0.6 is 27.3 Å². The van der Waals surface area contributed by atoms with Gasteiger partial charge in [-0.1, -0.05) is 15.9 Å². The van der Waals surface area contributed by atoms with Crippen LogP contribution in [0, 0.1) is 0 Å². The van der Waals surface area contributed by atoms with Gasteiger partial charge >= 0.3 is 0 Å². The molecule has 3 rings (SSSR count). The Hall–Kier alpha value is -1.13. The Labute approximate surface area is 111 Å². The molecule has 1 aromatic carbocycles. The highest BCUT2D eigenvalue weighted by Crippen LogP contribution is 2.34. The van der Waals surface area contributed by atoms with Crippen molar-refractivity contribution in [3.63, 3.8) is 0 Å². The Bertz CT molecular complexity index is 575. The molecule has 2 aromatic rings. The quantitative estimate of drug-likeness (QED) is 0.791. The zero-order valence-corrected chi connectivity index (χ0v) is 11.3. The molecule has 0 N–H and O–H groups in total. The highest BCUT2D eigenvalue weighted by Gasteiger charge is 2.22. The molecule has 0 amide bonds. The summed E-state index contributed by atoms with van der Waals surface area (Å²) in [4.78, 5) is 12.3. The van der Waals surface area contributed by atoms with E-state index in [2.05, 4.69) is 15.9 Å². The van der Waals surface area contributed by atoms with Gasteiger partial charge in [-0.25, -0.2) is 0 Å². The first-order chi connectivity index (χ1) is 8.25. The lowest BCUT2D eigenvalue weighted by Gasteiger charge is -2.07. The van der Waals surface area contributed by atoms with Gasteiger partial charge < -0.3 is 4.74 Å². The van der Waals surface area contributed by atoms with Crippen molar-refractivity contribution in [1.82, 2.24) is 0 Å². The van der Waals surface area contributed by atoms with Gasteiger partial charge in [0.05, 0.1) is 12.2 Å². The summed E-state index contributed by atoms with van der Waals surface area (Å²) in [5.74, 6) is 0.787. The Balaban J connectivity index is 2.12. The molecule has 0 radical (unpaired) electrons. The van der Waals surface area contributed by atoms with Gasteiger partial charge in [0.1, 0.15) is 5.75 Å². The maximum absolute atomic E-state index is 12.3. The highest BCUT2D eigenvalue weighted by molar-refractivity contribution is 9.10. The maximum atomic E-state index is 12.3. The third-order valence-electron chi connectivity index (χ3n) is 2.78. The highest BCUT2D eigenvalue weighted by atomic mass is 79.9. The third-order valence-corrected chi connectivity index (χ3v) is 3.92. The van der Waals surface area contributed by atoms with E-state index in [0.29, 0.717) is 12.2 Å². The number of carbonyl (C=O) groups is 1. The molecule has 86 valence electrons. The number of thiophene rings is 1. The average Bonchev–Trinajstić information content (AvgIpc) is 2.97. The third kappa shape index (κ3) is 1.91. The van der Waals surface area contributed by atoms with E-state index in [0.717, 1.165) is 27.8 Å². The fraction of sp³-hybridized carbons (Fsp3) is 0.154. The number of ketones is 1. The molecule has 1 aliphatic heterocycles. The van der Waals surface area contributed by atoms with E-state index in [-0.39, 0.29) is 5.78 Å². The molecule has 0 bridgehead atoms. The fourth-order valence-electron chi connectivity index (χ4n) is 1.99. The van der Waals surface area contributed by atoms with Crippen molar-refractivity contribution in [2.24, 2.45) is 0 Å². The Morgan fingerprint density at radius 3 is 3.06 bits per heavy atom. The lowest BCUT2D eigenvalue weighted by Crippen LogP contribution is -2.02. The monoisotopic (exact) mass is 308 g/mol. The van der Waals surface area contributed by atoms with Crippen LogP contribution in [0.4, 0.5) is 0 Å². The van der Waals surface area contributed by atoms with Crippen LogP contribution in [0.15, 0.2) is 33.4 Å². The first kappa shape index (κ1) is 11.0. The first-order valence-electron chi connectivity index (χ1n) is 5.28. The maximum Gasteiger partial charge on any atom is 0.197 e. The predicted molar refractivity (Wildman–Crippen MR) is 71.1 cm³/mol. The molecule has 1 aliphatic rings. The molecule has 0 unspecified atom stereocenters. The van der Waals surface area contributed by atoms with E-state index in [4.69, 9.17) is 4.74 Å². The van der Waals surface area contributed by atoms with Crippen LogP contribution < -0.4 is 4.74 Å². The molecular weight excluding hydrogens is 300 g/mol. The number of halogens is 1. The predicted octanol–water partition coefficient (Wildman–Crippen LogP) is 3.68. The van der Waals surface area contributed by atoms with Crippen molar-refractivity contribution in [2.45, 2.75) is 6.42 Å². The summed E-state index contributed by atoms with van der Waals surface area (Å²) < 4.78 is 6.50. The number of carbonyl (C=O) groups excluding carboxylic acids is 1. The zero-order chi connectivity index (χ0) is 11.8. The molecule has 2 nitrogen and oxygen atoms in total. The van der Waals surface area contributed by atoms with Gasteiger partial charge in [-0.15, -0.1) is 0 Å². The van der Waals surface area contributed by atoms with Gasteiger partial charge in [-0.3, -0.25) is 4.79 Å². The van der Waals surface area contributed by atoms with Gasteiger partial charge in [0, 0.05) is 21.8 Å². The number of hydrogen-bond donors (Lipinski definition) is 0. The number of rotatable bonds is 2. The molecule has 0 atom stereocenters. The summed E-state index contributed by atoms with van der Waals surface area (Å²) in [6, 6.07) is 5.70. The number of fused-ring (bicyclic) bond motifs is 1. The lowest BCUT2D eigenvalue weighted by molar-refractivity contribution is 0.103. The van der Waals surface area contributed by atoms with Crippen LogP contribution in [-0.2, 0) is 6.42 Å². The van der Waals surface area contributed by atoms with Gasteiger partial charge in [0.25, 0.3) is 0 Å². The molecule has 1 aromatic heterocycles. The van der Waals surface area contributed by atoms with Crippen molar-refractivity contribution in [1.29, 1.82) is 0 Å². The summed E-state index contributed by atoms with van der Waals surface area (Å²) in [7, 11) is 0. The molecule has 0 saturated heterocycles. The second-order valence-electron chi connectivity index (χ2n) is 3.88. The van der Waals surface area contributed by atoms with Crippen molar-refractivity contribution in [3.05, 3.63) is 50.1 Å². The minimum atomic E-state index is 0.0331. The van der Waals surface area contributed by atoms with Crippen LogP contribution in [0.25, 0.3) is 0 Å². The van der Waals surface area contributed by atoms with E-state index in [1.165, 1.54) is 11.3 Å². The second kappa shape index (κ2) is 4.27. The van der Waals surface area contributed by atoms with Gasteiger partial charge in [-0.2, -0.15) is 11.3 Å². The minimum absolute atomic E-state index is 0.0331. The smallest absolute Gasteiger partial charge is 0.197 e. The summed E-state index contributed by atoms with van der Waals surface area (Å²) in [6.07, 6.45) is 0.874. The summed E-state index contributed by atoms with van der Waals surface area (Å²) in [5.41, 5.74) is 2.49. The number of ether oxygens (including phenoxy) is 1. The molecule has 2 heterocycles. The van der Waals surface area contributed by atoms with Gasteiger partial charge in [-0.05, 0) is 29.1 Å². The van der Waals surface area contributed by atoms with Gasteiger partial charge in [0.15, 0.2) is 5.78 Å². The topological polar surface area (TPSA) is 26.3 Å². The molecule has 4 heteroatoms. The summed E-state index contributed by atoms with van der Waals surface area (Å²) in [5, 5.41) is 3.77. The van der Waals surface area contributed by atoms with Crippen molar-refractivity contribution in [2.75, 3.05) is 6.61 Å². The van der Waals surface area contributed by atoms with Crippen LogP contribution in [-0.4, -0.2) is 12.4 Å². The van der Waals surface area contributed by atoms with Crippen molar-refractivity contribution in [3.8, 4) is 5.75 Å². The van der Waals surface area contributed by atoms with E-state index in [9.17, 15) is 4.79 Å². The molecular formula is C13H9BrO2S. The molecule has 0 aliphatic carbocycles. The van der Waals surface area contributed by atoms with E-state index in [1.807, 2.05) is 29.0 Å². The van der Waals surface area contributed by atoms with Crippen LogP contribution in [0.1, 0.15) is 21.5 Å². The Morgan fingerprint density at radius 1 is 1.41 bits per heavy atom. The minimum Gasteiger partial charge on any atom is -0.492 e. The summed E-state index contributed by atoms with van der Waals surface area (Å²) >= 11 is 4.97. The largest absolute Gasteiger partial charge is 0.492 e. The van der Waals surface area contributed by atoms with Crippen LogP contribution in [0.5, 0.6) is 5.75 Å². The Kier molecular flexibility index (Phi) is 2.76. The molecule has 0 fully saturated rings. The molecule has 17 heavy (non-hydrogen) atoms. The zero-order valence-electron chi connectivity index (χ0n) is 8.90. The normalized spacial score (nSPS) is 13.2.